The van der Waals surface area contributed by atoms with Crippen molar-refractivity contribution in [1.82, 2.24) is 4.98 Å². The molecule has 1 heterocycles. The van der Waals surface area contributed by atoms with E-state index in [0.29, 0.717) is 16.6 Å². The van der Waals surface area contributed by atoms with Crippen LogP contribution in [0.5, 0.6) is 0 Å². The van der Waals surface area contributed by atoms with E-state index in [9.17, 15) is 13.2 Å². The highest BCUT2D eigenvalue weighted by Gasteiger charge is 2.14. The molecule has 2 N–H and O–H groups in total. The van der Waals surface area contributed by atoms with E-state index in [1.807, 2.05) is 12.1 Å². The Labute approximate surface area is 144 Å². The fourth-order valence-corrected chi connectivity index (χ4v) is 3.93. The zero-order chi connectivity index (χ0) is 17.4. The van der Waals surface area contributed by atoms with Crippen LogP contribution in [0.2, 0.25) is 0 Å². The van der Waals surface area contributed by atoms with Crippen LogP contribution in [0.25, 0.3) is 21.7 Å². The van der Waals surface area contributed by atoms with Gasteiger partial charge >= 0.3 is 0 Å². The first-order chi connectivity index (χ1) is 12.0. The largest absolute Gasteiger partial charge is 0.321 e. The van der Waals surface area contributed by atoms with Gasteiger partial charge in [0.1, 0.15) is 0 Å². The Morgan fingerprint density at radius 3 is 2.20 bits per heavy atom. The van der Waals surface area contributed by atoms with Gasteiger partial charge in [-0.1, -0.05) is 36.4 Å². The van der Waals surface area contributed by atoms with E-state index in [1.165, 1.54) is 12.1 Å². The summed E-state index contributed by atoms with van der Waals surface area (Å²) in [6.45, 7) is 0. The lowest BCUT2D eigenvalue weighted by Gasteiger charge is -2.10. The molecule has 124 valence electrons. The summed E-state index contributed by atoms with van der Waals surface area (Å²) in [6.07, 6.45) is 0. The topological polar surface area (TPSA) is 79.0 Å². The van der Waals surface area contributed by atoms with E-state index in [0.717, 1.165) is 10.8 Å². The molecule has 0 unspecified atom stereocenters. The molecule has 0 spiro atoms. The third-order valence-electron chi connectivity index (χ3n) is 4.04. The van der Waals surface area contributed by atoms with E-state index >= 15 is 0 Å². The van der Waals surface area contributed by atoms with Crippen LogP contribution in [0.15, 0.2) is 82.5 Å². The molecule has 4 aromatic rings. The van der Waals surface area contributed by atoms with Gasteiger partial charge in [0.25, 0.3) is 15.6 Å². The summed E-state index contributed by atoms with van der Waals surface area (Å²) in [5.41, 5.74) is 0.931. The fraction of sp³-hybridized carbons (Fsp3) is 0. The number of rotatable bonds is 3. The maximum Gasteiger partial charge on any atom is 0.261 e. The molecule has 0 saturated heterocycles. The molecular weight excluding hydrogens is 336 g/mol. The molecule has 3 aromatic carbocycles. The summed E-state index contributed by atoms with van der Waals surface area (Å²) in [5, 5.41) is 2.13. The highest BCUT2D eigenvalue weighted by Crippen LogP contribution is 2.25. The number of hydrogen-bond acceptors (Lipinski definition) is 3. The first-order valence-corrected chi connectivity index (χ1v) is 9.15. The van der Waals surface area contributed by atoms with E-state index in [2.05, 4.69) is 9.71 Å². The van der Waals surface area contributed by atoms with E-state index in [-0.39, 0.29) is 10.5 Å². The molecule has 0 aliphatic rings. The maximum absolute atomic E-state index is 12.5. The van der Waals surface area contributed by atoms with E-state index in [1.54, 1.807) is 48.5 Å². The Balaban J connectivity index is 1.86. The fourth-order valence-electron chi connectivity index (χ4n) is 2.86. The van der Waals surface area contributed by atoms with Crippen LogP contribution >= 0.6 is 0 Å². The SMILES string of the molecule is O=c1[nH]c2ccc(NS(=O)(=O)c3ccccc3)cc2c2ccccc12. The summed E-state index contributed by atoms with van der Waals surface area (Å²) >= 11 is 0. The minimum atomic E-state index is -3.67. The number of sulfonamides is 1. The average molecular weight is 350 g/mol. The number of fused-ring (bicyclic) bond motifs is 3. The number of H-pyrrole nitrogens is 1. The van der Waals surface area contributed by atoms with Crippen LogP contribution in [0.3, 0.4) is 0 Å². The molecule has 0 saturated carbocycles. The summed E-state index contributed by atoms with van der Waals surface area (Å²) in [6, 6.07) is 20.5. The second kappa shape index (κ2) is 5.75. The summed E-state index contributed by atoms with van der Waals surface area (Å²) in [7, 11) is -3.67. The van der Waals surface area contributed by atoms with Gasteiger partial charge in [0.2, 0.25) is 0 Å². The smallest absolute Gasteiger partial charge is 0.261 e. The van der Waals surface area contributed by atoms with Crippen LogP contribution < -0.4 is 10.3 Å². The van der Waals surface area contributed by atoms with Crippen molar-refractivity contribution in [2.75, 3.05) is 4.72 Å². The first-order valence-electron chi connectivity index (χ1n) is 7.67. The molecule has 25 heavy (non-hydrogen) atoms. The normalized spacial score (nSPS) is 11.7. The Morgan fingerprint density at radius 2 is 1.44 bits per heavy atom. The summed E-state index contributed by atoms with van der Waals surface area (Å²) in [5.74, 6) is 0. The van der Waals surface area contributed by atoms with Crippen LogP contribution in [0.4, 0.5) is 5.69 Å². The van der Waals surface area contributed by atoms with Gasteiger partial charge in [0.15, 0.2) is 0 Å². The maximum atomic E-state index is 12.5. The number of benzene rings is 3. The van der Waals surface area contributed by atoms with Crippen molar-refractivity contribution in [3.8, 4) is 0 Å². The zero-order valence-electron chi connectivity index (χ0n) is 13.1. The Morgan fingerprint density at radius 1 is 0.760 bits per heavy atom. The molecular formula is C19H14N2O3S. The van der Waals surface area contributed by atoms with Crippen molar-refractivity contribution in [3.63, 3.8) is 0 Å². The Hall–Kier alpha value is -3.12. The molecule has 0 amide bonds. The van der Waals surface area contributed by atoms with Gasteiger partial charge in [-0.2, -0.15) is 0 Å². The molecule has 0 atom stereocenters. The van der Waals surface area contributed by atoms with Gasteiger partial charge < -0.3 is 4.98 Å². The summed E-state index contributed by atoms with van der Waals surface area (Å²) in [4.78, 5) is 15.1. The standard InChI is InChI=1S/C19H14N2O3S/c22-19-16-9-5-4-8-15(16)17-12-13(10-11-18(17)20-19)21-25(23,24)14-6-2-1-3-7-14/h1-12,21H,(H,20,22). The highest BCUT2D eigenvalue weighted by molar-refractivity contribution is 7.92. The van der Waals surface area contributed by atoms with Crippen LogP contribution in [0, 0.1) is 0 Å². The third-order valence-corrected chi connectivity index (χ3v) is 5.43. The number of aromatic amines is 1. The lowest BCUT2D eigenvalue weighted by atomic mass is 10.1. The number of pyridine rings is 1. The second-order valence-electron chi connectivity index (χ2n) is 5.68. The monoisotopic (exact) mass is 350 g/mol. The summed E-state index contributed by atoms with van der Waals surface area (Å²) < 4.78 is 27.6. The van der Waals surface area contributed by atoms with Crippen LogP contribution in [-0.2, 0) is 10.0 Å². The molecule has 0 aliphatic heterocycles. The number of anilines is 1. The van der Waals surface area contributed by atoms with Crippen molar-refractivity contribution >= 4 is 37.4 Å². The van der Waals surface area contributed by atoms with Crippen molar-refractivity contribution in [3.05, 3.63) is 83.2 Å². The van der Waals surface area contributed by atoms with Crippen molar-refractivity contribution in [1.29, 1.82) is 0 Å². The number of hydrogen-bond donors (Lipinski definition) is 2. The predicted octanol–water partition coefficient (Wildman–Crippen LogP) is 3.48. The van der Waals surface area contributed by atoms with E-state index in [4.69, 9.17) is 0 Å². The second-order valence-corrected chi connectivity index (χ2v) is 7.36. The Kier molecular flexibility index (Phi) is 3.54. The average Bonchev–Trinajstić information content (AvgIpc) is 2.63. The molecule has 0 bridgehead atoms. The molecule has 0 radical (unpaired) electrons. The molecule has 0 aliphatic carbocycles. The lowest BCUT2D eigenvalue weighted by Crippen LogP contribution is -2.13. The molecule has 5 nitrogen and oxygen atoms in total. The van der Waals surface area contributed by atoms with Crippen molar-refractivity contribution in [2.24, 2.45) is 0 Å². The van der Waals surface area contributed by atoms with Gasteiger partial charge in [-0.15, -0.1) is 0 Å². The van der Waals surface area contributed by atoms with Gasteiger partial charge in [-0.3, -0.25) is 9.52 Å². The highest BCUT2D eigenvalue weighted by atomic mass is 32.2. The minimum absolute atomic E-state index is 0.166. The molecule has 4 rings (SSSR count). The molecule has 0 fully saturated rings. The lowest BCUT2D eigenvalue weighted by molar-refractivity contribution is 0.601. The van der Waals surface area contributed by atoms with Crippen molar-refractivity contribution in [2.45, 2.75) is 4.90 Å². The van der Waals surface area contributed by atoms with Gasteiger partial charge in [0, 0.05) is 22.0 Å². The van der Waals surface area contributed by atoms with Gasteiger partial charge in [0.05, 0.1) is 4.90 Å². The van der Waals surface area contributed by atoms with Crippen molar-refractivity contribution < 1.29 is 8.42 Å². The Bertz CT molecular complexity index is 1250. The molecule has 6 heteroatoms. The van der Waals surface area contributed by atoms with Crippen LogP contribution in [-0.4, -0.2) is 13.4 Å². The zero-order valence-corrected chi connectivity index (χ0v) is 13.9. The van der Waals surface area contributed by atoms with E-state index < -0.39 is 10.0 Å². The number of nitrogens with one attached hydrogen (secondary N) is 2. The number of aromatic nitrogens is 1. The van der Waals surface area contributed by atoms with Gasteiger partial charge in [-0.05, 0) is 41.8 Å². The van der Waals surface area contributed by atoms with Crippen LogP contribution in [0.1, 0.15) is 0 Å². The predicted molar refractivity (Wildman–Crippen MR) is 99.3 cm³/mol. The quantitative estimate of drug-likeness (QED) is 0.555. The third kappa shape index (κ3) is 2.77. The minimum Gasteiger partial charge on any atom is -0.321 e. The molecule has 1 aromatic heterocycles. The first kappa shape index (κ1) is 15.4. The van der Waals surface area contributed by atoms with Gasteiger partial charge in [-0.25, -0.2) is 8.42 Å².